The third kappa shape index (κ3) is 3.82. The van der Waals surface area contributed by atoms with Crippen molar-refractivity contribution in [1.82, 2.24) is 9.88 Å². The molecule has 0 bridgehead atoms. The van der Waals surface area contributed by atoms with E-state index in [2.05, 4.69) is 10.6 Å². The van der Waals surface area contributed by atoms with Crippen LogP contribution in [0.3, 0.4) is 0 Å². The Morgan fingerprint density at radius 1 is 1.37 bits per heavy atom. The van der Waals surface area contributed by atoms with E-state index in [1.54, 1.807) is 19.3 Å². The van der Waals surface area contributed by atoms with E-state index >= 15 is 0 Å². The molecule has 0 unspecified atom stereocenters. The van der Waals surface area contributed by atoms with Gasteiger partial charge in [-0.2, -0.15) is 0 Å². The molecule has 1 aromatic heterocycles. The molecular formula is C13H21N3O3. The van der Waals surface area contributed by atoms with Crippen molar-refractivity contribution in [2.45, 2.75) is 32.2 Å². The van der Waals surface area contributed by atoms with Gasteiger partial charge in [-0.05, 0) is 18.9 Å². The van der Waals surface area contributed by atoms with Gasteiger partial charge in [-0.25, -0.2) is 4.79 Å². The number of aromatic nitrogens is 1. The van der Waals surface area contributed by atoms with E-state index in [9.17, 15) is 14.7 Å². The maximum Gasteiger partial charge on any atom is 0.319 e. The fourth-order valence-corrected chi connectivity index (χ4v) is 1.76. The summed E-state index contributed by atoms with van der Waals surface area (Å²) >= 11 is 0. The minimum absolute atomic E-state index is 0.110. The van der Waals surface area contributed by atoms with E-state index in [1.165, 1.54) is 10.6 Å². The lowest BCUT2D eigenvalue weighted by Crippen LogP contribution is -2.52. The second-order valence-corrected chi connectivity index (χ2v) is 4.59. The first-order valence-corrected chi connectivity index (χ1v) is 6.33. The third-order valence-electron chi connectivity index (χ3n) is 3.38. The molecule has 0 radical (unpaired) electrons. The van der Waals surface area contributed by atoms with Gasteiger partial charge in [0.15, 0.2) is 0 Å². The number of carbonyl (C=O) groups is 1. The van der Waals surface area contributed by atoms with Gasteiger partial charge in [0, 0.05) is 19.3 Å². The molecule has 1 aromatic rings. The summed E-state index contributed by atoms with van der Waals surface area (Å²) in [5.41, 5.74) is -0.221. The van der Waals surface area contributed by atoms with Gasteiger partial charge in [-0.1, -0.05) is 13.8 Å². The largest absolute Gasteiger partial charge is 0.394 e. The van der Waals surface area contributed by atoms with Crippen LogP contribution < -0.4 is 16.2 Å². The van der Waals surface area contributed by atoms with E-state index in [-0.39, 0.29) is 12.2 Å². The van der Waals surface area contributed by atoms with Crippen LogP contribution in [-0.4, -0.2) is 27.9 Å². The van der Waals surface area contributed by atoms with Gasteiger partial charge in [0.2, 0.25) is 5.56 Å². The SMILES string of the molecule is CCC(CC)(CO)NC(=O)Nc1ccc(=O)n(C)c1. The highest BCUT2D eigenvalue weighted by atomic mass is 16.3. The van der Waals surface area contributed by atoms with Gasteiger partial charge in [0.1, 0.15) is 0 Å². The standard InChI is InChI=1S/C13H21N3O3/c1-4-13(5-2,9-17)15-12(19)14-10-6-7-11(18)16(3)8-10/h6-8,17H,4-5,9H2,1-3H3,(H2,14,15,19). The number of rotatable bonds is 5. The minimum Gasteiger partial charge on any atom is -0.394 e. The molecule has 0 aliphatic carbocycles. The number of urea groups is 1. The fraction of sp³-hybridized carbons (Fsp3) is 0.538. The van der Waals surface area contributed by atoms with Crippen molar-refractivity contribution in [1.29, 1.82) is 0 Å². The second-order valence-electron chi connectivity index (χ2n) is 4.59. The Labute approximate surface area is 112 Å². The fourth-order valence-electron chi connectivity index (χ4n) is 1.76. The molecule has 106 valence electrons. The van der Waals surface area contributed by atoms with Crippen LogP contribution in [-0.2, 0) is 7.05 Å². The predicted molar refractivity (Wildman–Crippen MR) is 74.2 cm³/mol. The molecule has 3 N–H and O–H groups in total. The molecule has 0 aromatic carbocycles. The first kappa shape index (κ1) is 15.2. The molecule has 2 amide bonds. The van der Waals surface area contributed by atoms with Crippen LogP contribution >= 0.6 is 0 Å². The highest BCUT2D eigenvalue weighted by Gasteiger charge is 2.27. The van der Waals surface area contributed by atoms with Gasteiger partial charge in [-0.3, -0.25) is 4.79 Å². The van der Waals surface area contributed by atoms with Crippen molar-refractivity contribution in [3.05, 3.63) is 28.7 Å². The van der Waals surface area contributed by atoms with Crippen LogP contribution in [0.15, 0.2) is 23.1 Å². The number of nitrogens with one attached hydrogen (secondary N) is 2. The number of aryl methyl sites for hydroxylation is 1. The van der Waals surface area contributed by atoms with Crippen LogP contribution in [0.4, 0.5) is 10.5 Å². The van der Waals surface area contributed by atoms with Crippen molar-refractivity contribution < 1.29 is 9.90 Å². The average Bonchev–Trinajstić information content (AvgIpc) is 2.40. The summed E-state index contributed by atoms with van der Waals surface area (Å²) in [4.78, 5) is 23.1. The predicted octanol–water partition coefficient (Wildman–Crippen LogP) is 1.06. The first-order valence-electron chi connectivity index (χ1n) is 6.33. The summed E-state index contributed by atoms with van der Waals surface area (Å²) < 4.78 is 1.38. The zero-order chi connectivity index (χ0) is 14.5. The Balaban J connectivity index is 2.74. The summed E-state index contributed by atoms with van der Waals surface area (Å²) in [6.07, 6.45) is 2.82. The average molecular weight is 267 g/mol. The summed E-state index contributed by atoms with van der Waals surface area (Å²) in [6, 6.07) is 2.53. The van der Waals surface area contributed by atoms with Crippen molar-refractivity contribution in [2.75, 3.05) is 11.9 Å². The smallest absolute Gasteiger partial charge is 0.319 e. The molecule has 0 spiro atoms. The van der Waals surface area contributed by atoms with Gasteiger partial charge >= 0.3 is 6.03 Å². The summed E-state index contributed by atoms with van der Waals surface area (Å²) in [7, 11) is 1.61. The van der Waals surface area contributed by atoms with E-state index < -0.39 is 11.6 Å². The number of pyridine rings is 1. The van der Waals surface area contributed by atoms with Gasteiger partial charge < -0.3 is 20.3 Å². The number of amides is 2. The van der Waals surface area contributed by atoms with Crippen LogP contribution in [0.5, 0.6) is 0 Å². The molecular weight excluding hydrogens is 246 g/mol. The number of carbonyl (C=O) groups excluding carboxylic acids is 1. The zero-order valence-corrected chi connectivity index (χ0v) is 11.6. The Bertz CT molecular complexity index is 484. The zero-order valence-electron chi connectivity index (χ0n) is 11.6. The second kappa shape index (κ2) is 6.38. The highest BCUT2D eigenvalue weighted by Crippen LogP contribution is 2.14. The summed E-state index contributed by atoms with van der Waals surface area (Å²) in [5.74, 6) is 0. The molecule has 0 saturated heterocycles. The Morgan fingerprint density at radius 2 is 2.00 bits per heavy atom. The molecule has 1 heterocycles. The van der Waals surface area contributed by atoms with E-state index in [0.29, 0.717) is 18.5 Å². The van der Waals surface area contributed by atoms with Crippen LogP contribution in [0.2, 0.25) is 0 Å². The molecule has 6 nitrogen and oxygen atoms in total. The van der Waals surface area contributed by atoms with Crippen molar-refractivity contribution in [2.24, 2.45) is 7.05 Å². The molecule has 0 atom stereocenters. The number of aliphatic hydroxyl groups is 1. The minimum atomic E-state index is -0.606. The summed E-state index contributed by atoms with van der Waals surface area (Å²) in [5, 5.41) is 14.8. The highest BCUT2D eigenvalue weighted by molar-refractivity contribution is 5.89. The van der Waals surface area contributed by atoms with Gasteiger partial charge in [-0.15, -0.1) is 0 Å². The molecule has 6 heteroatoms. The Morgan fingerprint density at radius 3 is 2.47 bits per heavy atom. The maximum atomic E-state index is 11.9. The normalized spacial score (nSPS) is 11.2. The lowest BCUT2D eigenvalue weighted by Gasteiger charge is -2.30. The lowest BCUT2D eigenvalue weighted by atomic mass is 9.94. The Hall–Kier alpha value is -1.82. The molecule has 0 saturated carbocycles. The molecule has 1 rings (SSSR count). The Kier molecular flexibility index (Phi) is 5.11. The van der Waals surface area contributed by atoms with Crippen molar-refractivity contribution >= 4 is 11.7 Å². The van der Waals surface area contributed by atoms with E-state index in [1.807, 2.05) is 13.8 Å². The van der Waals surface area contributed by atoms with Crippen LogP contribution in [0.1, 0.15) is 26.7 Å². The van der Waals surface area contributed by atoms with Crippen molar-refractivity contribution in [3.63, 3.8) is 0 Å². The van der Waals surface area contributed by atoms with Crippen molar-refractivity contribution in [3.8, 4) is 0 Å². The molecule has 19 heavy (non-hydrogen) atoms. The summed E-state index contributed by atoms with van der Waals surface area (Å²) in [6.45, 7) is 3.71. The van der Waals surface area contributed by atoms with Gasteiger partial charge in [0.25, 0.3) is 0 Å². The monoisotopic (exact) mass is 267 g/mol. The molecule has 0 fully saturated rings. The number of aliphatic hydroxyl groups excluding tert-OH is 1. The topological polar surface area (TPSA) is 83.4 Å². The van der Waals surface area contributed by atoms with Crippen LogP contribution in [0.25, 0.3) is 0 Å². The number of anilines is 1. The number of hydrogen-bond donors (Lipinski definition) is 3. The quantitative estimate of drug-likeness (QED) is 0.746. The third-order valence-corrected chi connectivity index (χ3v) is 3.38. The first-order chi connectivity index (χ1) is 8.96. The van der Waals surface area contributed by atoms with E-state index in [0.717, 1.165) is 0 Å². The number of nitrogens with zero attached hydrogens (tertiary/aromatic N) is 1. The molecule has 0 aliphatic heterocycles. The lowest BCUT2D eigenvalue weighted by molar-refractivity contribution is 0.155. The molecule has 0 aliphatic rings. The van der Waals surface area contributed by atoms with E-state index in [4.69, 9.17) is 0 Å². The van der Waals surface area contributed by atoms with Gasteiger partial charge in [0.05, 0.1) is 17.8 Å². The van der Waals surface area contributed by atoms with Crippen LogP contribution in [0, 0.1) is 0 Å². The number of hydrogen-bond acceptors (Lipinski definition) is 3. The maximum absolute atomic E-state index is 11.9.